The fraction of sp³-hybridized carbons (Fsp3) is 0.733. The zero-order valence-electron chi connectivity index (χ0n) is 13.3. The second kappa shape index (κ2) is 7.04. The van der Waals surface area contributed by atoms with Crippen LogP contribution in [-0.2, 0) is 0 Å². The van der Waals surface area contributed by atoms with Crippen molar-refractivity contribution in [1.29, 1.82) is 0 Å². The highest BCUT2D eigenvalue weighted by atomic mass is 16.3. The summed E-state index contributed by atoms with van der Waals surface area (Å²) in [5, 5.41) is 9.44. The molecule has 1 aromatic heterocycles. The van der Waals surface area contributed by atoms with Crippen LogP contribution in [0.25, 0.3) is 0 Å². The van der Waals surface area contributed by atoms with E-state index in [4.69, 9.17) is 5.73 Å². The van der Waals surface area contributed by atoms with Gasteiger partial charge in [0.2, 0.25) is 5.95 Å². The molecule has 0 unspecified atom stereocenters. The van der Waals surface area contributed by atoms with Crippen LogP contribution < -0.4 is 10.6 Å². The molecule has 2 heterocycles. The molecule has 0 saturated carbocycles. The van der Waals surface area contributed by atoms with Gasteiger partial charge in [0.25, 0.3) is 0 Å². The largest absolute Gasteiger partial charge is 0.392 e. The molecule has 21 heavy (non-hydrogen) atoms. The summed E-state index contributed by atoms with van der Waals surface area (Å²) in [5.41, 5.74) is 6.61. The van der Waals surface area contributed by atoms with E-state index >= 15 is 0 Å². The van der Waals surface area contributed by atoms with Crippen molar-refractivity contribution in [1.82, 2.24) is 14.9 Å². The molecular formula is C15H27N5O. The van der Waals surface area contributed by atoms with Crippen molar-refractivity contribution < 1.29 is 5.11 Å². The van der Waals surface area contributed by atoms with Gasteiger partial charge in [-0.25, -0.2) is 4.98 Å². The lowest BCUT2D eigenvalue weighted by Gasteiger charge is -2.34. The van der Waals surface area contributed by atoms with E-state index in [1.165, 1.54) is 0 Å². The Bertz CT molecular complexity index is 437. The van der Waals surface area contributed by atoms with Crippen LogP contribution in [0.1, 0.15) is 25.5 Å². The Morgan fingerprint density at radius 1 is 1.43 bits per heavy atom. The maximum absolute atomic E-state index is 9.44. The molecule has 1 aromatic rings. The molecule has 0 spiro atoms. The summed E-state index contributed by atoms with van der Waals surface area (Å²) in [4.78, 5) is 12.9. The molecule has 0 aromatic carbocycles. The van der Waals surface area contributed by atoms with Gasteiger partial charge in [-0.15, -0.1) is 0 Å². The number of β-amino-alcohol motifs (C(OH)–C–C–N with tert-alkyl or cyclic N) is 1. The van der Waals surface area contributed by atoms with Gasteiger partial charge in [-0.1, -0.05) is 0 Å². The number of aliphatic hydroxyl groups excluding tert-OH is 1. The summed E-state index contributed by atoms with van der Waals surface area (Å²) < 4.78 is 0. The first kappa shape index (κ1) is 16.0. The van der Waals surface area contributed by atoms with Crippen LogP contribution in [-0.4, -0.2) is 59.3 Å². The summed E-state index contributed by atoms with van der Waals surface area (Å²) >= 11 is 0. The molecule has 1 aliphatic rings. The molecule has 6 heteroatoms. The van der Waals surface area contributed by atoms with Gasteiger partial charge < -0.3 is 20.6 Å². The average molecular weight is 293 g/mol. The molecule has 6 nitrogen and oxygen atoms in total. The van der Waals surface area contributed by atoms with E-state index in [-0.39, 0.29) is 6.10 Å². The lowest BCUT2D eigenvalue weighted by Crippen LogP contribution is -2.40. The SMILES string of the molecule is Cc1cc(N(C)CC2CCN(C[C@@H](C)O)CC2)nc(N)n1. The Hall–Kier alpha value is -1.40. The topological polar surface area (TPSA) is 78.5 Å². The monoisotopic (exact) mass is 293 g/mol. The average Bonchev–Trinajstić information content (AvgIpc) is 2.39. The Kier molecular flexibility index (Phi) is 5.36. The number of hydrogen-bond acceptors (Lipinski definition) is 6. The summed E-state index contributed by atoms with van der Waals surface area (Å²) in [6.45, 7) is 7.68. The number of piperidine rings is 1. The van der Waals surface area contributed by atoms with E-state index in [1.807, 2.05) is 19.9 Å². The van der Waals surface area contributed by atoms with Crippen LogP contribution in [0.15, 0.2) is 6.07 Å². The summed E-state index contributed by atoms with van der Waals surface area (Å²) in [7, 11) is 2.06. The maximum Gasteiger partial charge on any atom is 0.222 e. The second-order valence-electron chi connectivity index (χ2n) is 6.20. The molecule has 0 bridgehead atoms. The first-order valence-corrected chi connectivity index (χ1v) is 7.66. The van der Waals surface area contributed by atoms with Crippen molar-refractivity contribution in [3.8, 4) is 0 Å². The van der Waals surface area contributed by atoms with E-state index in [0.717, 1.165) is 50.5 Å². The Morgan fingerprint density at radius 3 is 2.67 bits per heavy atom. The van der Waals surface area contributed by atoms with Gasteiger partial charge in [-0.05, 0) is 45.7 Å². The van der Waals surface area contributed by atoms with Crippen LogP contribution in [0.4, 0.5) is 11.8 Å². The standard InChI is InChI=1S/C15H27N5O/c1-11-8-14(18-15(16)17-11)19(3)10-13-4-6-20(7-5-13)9-12(2)21/h8,12-13,21H,4-7,9-10H2,1-3H3,(H2,16,17,18)/t12-/m1/s1. The van der Waals surface area contributed by atoms with Crippen LogP contribution in [0.3, 0.4) is 0 Å². The van der Waals surface area contributed by atoms with E-state index in [0.29, 0.717) is 11.9 Å². The third kappa shape index (κ3) is 4.82. The number of aromatic nitrogens is 2. The van der Waals surface area contributed by atoms with Crippen molar-refractivity contribution >= 4 is 11.8 Å². The van der Waals surface area contributed by atoms with E-state index in [1.54, 1.807) is 0 Å². The molecule has 0 radical (unpaired) electrons. The summed E-state index contributed by atoms with van der Waals surface area (Å²) in [5.74, 6) is 1.90. The first-order chi connectivity index (χ1) is 9.94. The first-order valence-electron chi connectivity index (χ1n) is 7.66. The third-order valence-electron chi connectivity index (χ3n) is 4.01. The van der Waals surface area contributed by atoms with Gasteiger partial charge in [-0.2, -0.15) is 4.98 Å². The van der Waals surface area contributed by atoms with Crippen molar-refractivity contribution in [2.24, 2.45) is 5.92 Å². The number of nitrogen functional groups attached to an aromatic ring is 1. The number of likely N-dealkylation sites (tertiary alicyclic amines) is 1. The van der Waals surface area contributed by atoms with Gasteiger partial charge in [0.1, 0.15) is 5.82 Å². The molecule has 118 valence electrons. The zero-order valence-corrected chi connectivity index (χ0v) is 13.3. The van der Waals surface area contributed by atoms with Gasteiger partial charge >= 0.3 is 0 Å². The molecule has 0 aliphatic carbocycles. The number of aryl methyl sites for hydroxylation is 1. The van der Waals surface area contributed by atoms with Crippen LogP contribution in [0.5, 0.6) is 0 Å². The molecule has 1 aliphatic heterocycles. The van der Waals surface area contributed by atoms with Crippen molar-refractivity contribution in [3.63, 3.8) is 0 Å². The van der Waals surface area contributed by atoms with Crippen molar-refractivity contribution in [2.45, 2.75) is 32.8 Å². The van der Waals surface area contributed by atoms with Gasteiger partial charge in [0.05, 0.1) is 6.10 Å². The number of nitrogens with two attached hydrogens (primary N) is 1. The van der Waals surface area contributed by atoms with Gasteiger partial charge in [0, 0.05) is 31.9 Å². The normalized spacial score (nSPS) is 18.7. The quantitative estimate of drug-likeness (QED) is 0.839. The number of rotatable bonds is 5. The Labute approximate surface area is 127 Å². The van der Waals surface area contributed by atoms with E-state index < -0.39 is 0 Å². The lowest BCUT2D eigenvalue weighted by atomic mass is 9.96. The molecule has 1 fully saturated rings. The predicted molar refractivity (Wildman–Crippen MR) is 85.3 cm³/mol. The van der Waals surface area contributed by atoms with Crippen molar-refractivity contribution in [2.75, 3.05) is 43.9 Å². The molecule has 3 N–H and O–H groups in total. The number of hydrogen-bond donors (Lipinski definition) is 2. The minimum Gasteiger partial charge on any atom is -0.392 e. The van der Waals surface area contributed by atoms with E-state index in [9.17, 15) is 5.11 Å². The molecule has 1 saturated heterocycles. The third-order valence-corrected chi connectivity index (χ3v) is 4.01. The van der Waals surface area contributed by atoms with Crippen LogP contribution in [0.2, 0.25) is 0 Å². The predicted octanol–water partition coefficient (Wildman–Crippen LogP) is 0.896. The Morgan fingerprint density at radius 2 is 2.10 bits per heavy atom. The minimum absolute atomic E-state index is 0.240. The van der Waals surface area contributed by atoms with Gasteiger partial charge in [0.15, 0.2) is 0 Å². The van der Waals surface area contributed by atoms with Gasteiger partial charge in [-0.3, -0.25) is 0 Å². The minimum atomic E-state index is -0.240. The van der Waals surface area contributed by atoms with Crippen molar-refractivity contribution in [3.05, 3.63) is 11.8 Å². The highest BCUT2D eigenvalue weighted by molar-refractivity contribution is 5.42. The van der Waals surface area contributed by atoms with Crippen LogP contribution in [0, 0.1) is 12.8 Å². The Balaban J connectivity index is 1.85. The smallest absolute Gasteiger partial charge is 0.222 e. The maximum atomic E-state index is 9.44. The molecular weight excluding hydrogens is 266 g/mol. The van der Waals surface area contributed by atoms with E-state index in [2.05, 4.69) is 26.8 Å². The highest BCUT2D eigenvalue weighted by Crippen LogP contribution is 2.21. The number of aliphatic hydroxyl groups is 1. The number of nitrogens with zero attached hydrogens (tertiary/aromatic N) is 4. The molecule has 2 rings (SSSR count). The lowest BCUT2D eigenvalue weighted by molar-refractivity contribution is 0.101. The fourth-order valence-corrected chi connectivity index (χ4v) is 2.98. The molecule has 0 amide bonds. The second-order valence-corrected chi connectivity index (χ2v) is 6.20. The number of anilines is 2. The summed E-state index contributed by atoms with van der Waals surface area (Å²) in [6, 6.07) is 1.97. The molecule has 1 atom stereocenters. The zero-order chi connectivity index (χ0) is 15.4. The fourth-order valence-electron chi connectivity index (χ4n) is 2.98. The summed E-state index contributed by atoms with van der Waals surface area (Å²) in [6.07, 6.45) is 2.09. The van der Waals surface area contributed by atoms with Crippen LogP contribution >= 0.6 is 0 Å². The highest BCUT2D eigenvalue weighted by Gasteiger charge is 2.21.